The normalized spacial score (nSPS) is 19.0. The highest BCUT2D eigenvalue weighted by Gasteiger charge is 2.23. The van der Waals surface area contributed by atoms with Crippen molar-refractivity contribution in [3.63, 3.8) is 0 Å². The number of oxazole rings is 1. The molecule has 1 aliphatic carbocycles. The summed E-state index contributed by atoms with van der Waals surface area (Å²) in [5, 5.41) is 13.8. The molecule has 0 unspecified atom stereocenters. The van der Waals surface area contributed by atoms with Crippen LogP contribution in [0, 0.1) is 0 Å². The number of rotatable bonds is 10. The van der Waals surface area contributed by atoms with Gasteiger partial charge in [0.1, 0.15) is 24.0 Å². The summed E-state index contributed by atoms with van der Waals surface area (Å²) in [6.07, 6.45) is 4.11. The summed E-state index contributed by atoms with van der Waals surface area (Å²) in [5.74, 6) is -0.535. The van der Waals surface area contributed by atoms with Crippen LogP contribution in [0.25, 0.3) is 11.1 Å². The predicted octanol–water partition coefficient (Wildman–Crippen LogP) is 2.63. The van der Waals surface area contributed by atoms with E-state index in [9.17, 15) is 23.1 Å². The number of nitrogens with zero attached hydrogens (tertiary/aromatic N) is 1. The highest BCUT2D eigenvalue weighted by atomic mass is 32.2. The maximum atomic E-state index is 11.9. The molecule has 0 radical (unpaired) electrons. The second kappa shape index (κ2) is 11.5. The summed E-state index contributed by atoms with van der Waals surface area (Å²) in [4.78, 5) is 23.7. The molecule has 1 atom stereocenters. The number of benzene rings is 2. The molecule has 0 bridgehead atoms. The average molecular weight is 533 g/mol. The minimum Gasteiger partial charge on any atom is -0.491 e. The summed E-state index contributed by atoms with van der Waals surface area (Å²) >= 11 is 0. The number of fused-ring (bicyclic) bond motifs is 1. The number of carbonyl (C=O) groups is 1. The number of nitrogens with one attached hydrogen (secondary N) is 1. The molecule has 1 heterocycles. The Labute approximate surface area is 215 Å². The van der Waals surface area contributed by atoms with E-state index in [-0.39, 0.29) is 29.7 Å². The zero-order valence-electron chi connectivity index (χ0n) is 20.9. The van der Waals surface area contributed by atoms with E-state index in [1.54, 1.807) is 13.0 Å². The van der Waals surface area contributed by atoms with Crippen molar-refractivity contribution in [1.29, 1.82) is 0 Å². The van der Waals surface area contributed by atoms with Crippen molar-refractivity contribution >= 4 is 27.1 Å². The van der Waals surface area contributed by atoms with Gasteiger partial charge < -0.3 is 24.3 Å². The highest BCUT2D eigenvalue weighted by molar-refractivity contribution is 7.89. The van der Waals surface area contributed by atoms with Crippen LogP contribution in [0.5, 0.6) is 5.75 Å². The first-order valence-electron chi connectivity index (χ1n) is 12.3. The molecule has 11 heteroatoms. The van der Waals surface area contributed by atoms with Gasteiger partial charge in [0.25, 0.3) is 0 Å². The van der Waals surface area contributed by atoms with E-state index >= 15 is 0 Å². The van der Waals surface area contributed by atoms with Crippen LogP contribution in [0.1, 0.15) is 54.4 Å². The summed E-state index contributed by atoms with van der Waals surface area (Å²) in [6, 6.07) is 12.3. The lowest BCUT2D eigenvalue weighted by atomic mass is 9.81. The Morgan fingerprint density at radius 2 is 1.86 bits per heavy atom. The van der Waals surface area contributed by atoms with Crippen LogP contribution in [0.15, 0.2) is 51.7 Å². The van der Waals surface area contributed by atoms with Gasteiger partial charge in [-0.3, -0.25) is 0 Å². The summed E-state index contributed by atoms with van der Waals surface area (Å²) in [6.45, 7) is 2.50. The number of ether oxygens (including phenoxy) is 2. The van der Waals surface area contributed by atoms with Gasteiger partial charge in [-0.15, -0.1) is 0 Å². The van der Waals surface area contributed by atoms with E-state index in [1.807, 2.05) is 24.3 Å². The molecule has 1 saturated carbocycles. The molecule has 0 spiro atoms. The fourth-order valence-corrected chi connectivity index (χ4v) is 5.48. The minimum atomic E-state index is -3.84. The first kappa shape index (κ1) is 26.9. The third-order valence-electron chi connectivity index (χ3n) is 6.55. The zero-order chi connectivity index (χ0) is 26.6. The summed E-state index contributed by atoms with van der Waals surface area (Å²) < 4.78 is 40.0. The molecule has 200 valence electrons. The largest absolute Gasteiger partial charge is 0.491 e. The van der Waals surface area contributed by atoms with Gasteiger partial charge in [-0.1, -0.05) is 12.1 Å². The Kier molecular flexibility index (Phi) is 8.35. The molecular weight excluding hydrogens is 500 g/mol. The lowest BCUT2D eigenvalue weighted by Crippen LogP contribution is -2.39. The predicted molar refractivity (Wildman–Crippen MR) is 138 cm³/mol. The topological polar surface area (TPSA) is 137 Å². The molecule has 3 aromatic rings. The van der Waals surface area contributed by atoms with Crippen molar-refractivity contribution in [2.75, 3.05) is 26.0 Å². The number of esters is 1. The Bertz CT molecular complexity index is 1390. The van der Waals surface area contributed by atoms with Gasteiger partial charge >= 0.3 is 11.7 Å². The fraction of sp³-hybridized carbons (Fsp3) is 0.462. The van der Waals surface area contributed by atoms with Crippen molar-refractivity contribution in [1.82, 2.24) is 9.29 Å². The van der Waals surface area contributed by atoms with E-state index in [0.29, 0.717) is 34.4 Å². The van der Waals surface area contributed by atoms with Crippen molar-refractivity contribution in [2.24, 2.45) is 0 Å². The number of hydrogen-bond donors (Lipinski definition) is 2. The van der Waals surface area contributed by atoms with E-state index < -0.39 is 21.9 Å². The van der Waals surface area contributed by atoms with Crippen molar-refractivity contribution in [3.05, 3.63) is 64.1 Å². The lowest BCUT2D eigenvalue weighted by Gasteiger charge is -2.30. The van der Waals surface area contributed by atoms with Gasteiger partial charge in [0.2, 0.25) is 10.0 Å². The molecule has 37 heavy (non-hydrogen) atoms. The SMILES string of the molecule is CCOC(=O)c1ccc([C@H]2CC[C@H](NC[C@H](O)COc3ccc4oc(=O)n(S(C)(=O)=O)c4c3)CC2)cc1. The second-order valence-electron chi connectivity index (χ2n) is 9.29. The van der Waals surface area contributed by atoms with Crippen molar-refractivity contribution in [2.45, 2.75) is 50.7 Å². The highest BCUT2D eigenvalue weighted by Crippen LogP contribution is 2.33. The molecule has 1 fully saturated rings. The second-order valence-corrected chi connectivity index (χ2v) is 11.1. The first-order chi connectivity index (χ1) is 17.7. The third-order valence-corrected chi connectivity index (χ3v) is 7.56. The first-order valence-corrected chi connectivity index (χ1v) is 14.2. The quantitative estimate of drug-likeness (QED) is 0.378. The van der Waals surface area contributed by atoms with Crippen molar-refractivity contribution in [3.8, 4) is 5.75 Å². The number of aromatic nitrogens is 1. The molecule has 0 aliphatic heterocycles. The van der Waals surface area contributed by atoms with Crippen LogP contribution in [0.4, 0.5) is 0 Å². The third kappa shape index (κ3) is 6.60. The van der Waals surface area contributed by atoms with Crippen LogP contribution in [-0.2, 0) is 14.8 Å². The smallest absolute Gasteiger partial charge is 0.434 e. The van der Waals surface area contributed by atoms with Crippen molar-refractivity contribution < 1.29 is 32.2 Å². The molecule has 10 nitrogen and oxygen atoms in total. The number of aliphatic hydroxyl groups excluding tert-OH is 1. The Morgan fingerprint density at radius 3 is 2.51 bits per heavy atom. The maximum Gasteiger partial charge on any atom is 0.434 e. The van der Waals surface area contributed by atoms with Gasteiger partial charge in [-0.05, 0) is 68.4 Å². The molecule has 0 saturated heterocycles. The monoisotopic (exact) mass is 532 g/mol. The number of hydrogen-bond acceptors (Lipinski definition) is 9. The van der Waals surface area contributed by atoms with E-state index in [4.69, 9.17) is 13.9 Å². The minimum absolute atomic E-state index is 0.00161. The summed E-state index contributed by atoms with van der Waals surface area (Å²) in [7, 11) is -3.84. The van der Waals surface area contributed by atoms with Crippen LogP contribution in [-0.4, -0.2) is 61.6 Å². The van der Waals surface area contributed by atoms with Gasteiger partial charge in [-0.25, -0.2) is 18.0 Å². The Hall–Kier alpha value is -3.15. The molecule has 4 rings (SSSR count). The van der Waals surface area contributed by atoms with E-state index in [2.05, 4.69) is 5.32 Å². The summed E-state index contributed by atoms with van der Waals surface area (Å²) in [5.41, 5.74) is 2.00. The number of carbonyl (C=O) groups excluding carboxylic acids is 1. The Balaban J connectivity index is 1.23. The standard InChI is InChI=1S/C26H32N2O8S/c1-3-34-25(30)19-6-4-17(5-7-19)18-8-10-20(11-9-18)27-15-21(29)16-35-22-12-13-24-23(14-22)28(26(31)36-24)37(2,32)33/h4-7,12-14,18,20-21,27,29H,3,8-11,15-16H2,1-2H3/t18-,20-,21-/m0/s1. The van der Waals surface area contributed by atoms with Gasteiger partial charge in [0.15, 0.2) is 5.58 Å². The molecular formula is C26H32N2O8S. The number of aliphatic hydroxyl groups is 1. The maximum absolute atomic E-state index is 11.9. The van der Waals surface area contributed by atoms with Gasteiger partial charge in [-0.2, -0.15) is 3.97 Å². The van der Waals surface area contributed by atoms with Crippen LogP contribution < -0.4 is 15.8 Å². The van der Waals surface area contributed by atoms with Gasteiger partial charge in [0, 0.05) is 18.7 Å². The van der Waals surface area contributed by atoms with Crippen LogP contribution >= 0.6 is 0 Å². The zero-order valence-corrected chi connectivity index (χ0v) is 21.7. The fourth-order valence-electron chi connectivity index (χ4n) is 4.67. The molecule has 1 aliphatic rings. The van der Waals surface area contributed by atoms with Gasteiger partial charge in [0.05, 0.1) is 18.4 Å². The van der Waals surface area contributed by atoms with E-state index in [0.717, 1.165) is 31.9 Å². The van der Waals surface area contributed by atoms with Crippen LogP contribution in [0.3, 0.4) is 0 Å². The Morgan fingerprint density at radius 1 is 1.16 bits per heavy atom. The molecule has 0 amide bonds. The lowest BCUT2D eigenvalue weighted by molar-refractivity contribution is 0.0526. The molecule has 1 aromatic heterocycles. The average Bonchev–Trinajstić information content (AvgIpc) is 3.22. The molecule has 2 N–H and O–H groups in total. The van der Waals surface area contributed by atoms with Crippen LogP contribution in [0.2, 0.25) is 0 Å². The van der Waals surface area contributed by atoms with E-state index in [1.165, 1.54) is 17.7 Å². The molecule has 2 aromatic carbocycles.